The second-order valence-corrected chi connectivity index (χ2v) is 5.91. The molecule has 0 saturated carbocycles. The van der Waals surface area contributed by atoms with Gasteiger partial charge in [0.2, 0.25) is 0 Å². The van der Waals surface area contributed by atoms with Gasteiger partial charge in [-0.2, -0.15) is 0 Å². The van der Waals surface area contributed by atoms with Crippen molar-refractivity contribution in [2.24, 2.45) is 0 Å². The molecule has 0 fully saturated rings. The molecule has 12 heavy (non-hydrogen) atoms. The molecular formula is C4H4GeN4O3. The zero-order chi connectivity index (χ0) is 8.72. The van der Waals surface area contributed by atoms with E-state index in [0.717, 1.165) is 0 Å². The van der Waals surface area contributed by atoms with Crippen molar-refractivity contribution >= 4 is 36.8 Å². The standard InChI is InChI=1S/C4H4GeN4O3/c10-2-1-5(8-3(11)6-1)9-4(12)7-2/h(H2,6,8,11)(H2,7,9,10,12). The van der Waals surface area contributed by atoms with Gasteiger partial charge in [0, 0.05) is 0 Å². The normalized spacial score (nSPS) is 20.8. The first kappa shape index (κ1) is 7.28. The van der Waals surface area contributed by atoms with Gasteiger partial charge in [0.15, 0.2) is 0 Å². The Bertz CT molecular complexity index is 335. The monoisotopic (exact) mass is 230 g/mol. The summed E-state index contributed by atoms with van der Waals surface area (Å²) in [5, 5.41) is 4.37. The van der Waals surface area contributed by atoms with Crippen molar-refractivity contribution in [1.82, 2.24) is 19.2 Å². The molecule has 0 radical (unpaired) electrons. The van der Waals surface area contributed by atoms with Crippen molar-refractivity contribution in [3.63, 3.8) is 0 Å². The van der Waals surface area contributed by atoms with E-state index in [1.54, 1.807) is 0 Å². The molecule has 2 rings (SSSR count). The summed E-state index contributed by atoms with van der Waals surface area (Å²) in [6.07, 6.45) is 0. The number of carbonyl (C=O) groups is 3. The molecule has 0 aliphatic carbocycles. The average molecular weight is 229 g/mol. The average Bonchev–Trinajstić information content (AvgIpc) is 2.29. The van der Waals surface area contributed by atoms with Crippen molar-refractivity contribution < 1.29 is 14.4 Å². The summed E-state index contributed by atoms with van der Waals surface area (Å²) in [5.41, 5.74) is 0. The third-order valence-electron chi connectivity index (χ3n) is 1.42. The first-order chi connectivity index (χ1) is 5.66. The van der Waals surface area contributed by atoms with Gasteiger partial charge < -0.3 is 0 Å². The maximum atomic E-state index is 11.0. The Morgan fingerprint density at radius 3 is 2.17 bits per heavy atom. The molecule has 0 unspecified atom stereocenters. The van der Waals surface area contributed by atoms with Gasteiger partial charge in [0.1, 0.15) is 0 Å². The van der Waals surface area contributed by atoms with E-state index in [1.165, 1.54) is 0 Å². The third-order valence-corrected chi connectivity index (χ3v) is 5.21. The minimum absolute atomic E-state index is 0.291. The van der Waals surface area contributed by atoms with Gasteiger partial charge >= 0.3 is 70.4 Å². The number of amides is 5. The van der Waals surface area contributed by atoms with E-state index < -0.39 is 32.3 Å². The predicted molar refractivity (Wildman–Crippen MR) is 39.1 cm³/mol. The van der Waals surface area contributed by atoms with Gasteiger partial charge in [-0.3, -0.25) is 0 Å². The summed E-state index contributed by atoms with van der Waals surface area (Å²) in [7, 11) is 0. The molecule has 0 atom stereocenters. The summed E-state index contributed by atoms with van der Waals surface area (Å²) >= 11 is -2.34. The molecule has 62 valence electrons. The molecule has 0 aromatic heterocycles. The number of urea groups is 2. The van der Waals surface area contributed by atoms with Crippen molar-refractivity contribution in [2.45, 2.75) is 0 Å². The molecule has 0 bridgehead atoms. The Hall–Kier alpha value is -1.38. The molecule has 0 spiro atoms. The second-order valence-electron chi connectivity index (χ2n) is 2.24. The SMILES string of the molecule is O=C1NC(=O)[C]2=[Ge]([NH]1)[NH]C(=O)N2. The molecule has 2 aliphatic rings. The second kappa shape index (κ2) is 2.30. The van der Waals surface area contributed by atoms with E-state index in [2.05, 4.69) is 13.9 Å². The number of nitrogens with one attached hydrogen (secondary N) is 4. The van der Waals surface area contributed by atoms with Crippen LogP contribution in [0.25, 0.3) is 0 Å². The fraction of sp³-hybridized carbons (Fsp3) is 0. The van der Waals surface area contributed by atoms with Crippen LogP contribution < -0.4 is 19.2 Å². The van der Waals surface area contributed by atoms with Crippen LogP contribution in [0.5, 0.6) is 0 Å². The van der Waals surface area contributed by atoms with E-state index >= 15 is 0 Å². The van der Waals surface area contributed by atoms with Crippen LogP contribution in [0.4, 0.5) is 9.59 Å². The van der Waals surface area contributed by atoms with Crippen LogP contribution >= 0.6 is 0 Å². The van der Waals surface area contributed by atoms with Crippen LogP contribution in [0.15, 0.2) is 0 Å². The van der Waals surface area contributed by atoms with Gasteiger partial charge in [0.25, 0.3) is 0 Å². The van der Waals surface area contributed by atoms with Crippen LogP contribution in [0.2, 0.25) is 0 Å². The van der Waals surface area contributed by atoms with Gasteiger partial charge in [-0.1, -0.05) is 0 Å². The number of rotatable bonds is 0. The van der Waals surface area contributed by atoms with Gasteiger partial charge in [-0.15, -0.1) is 0 Å². The van der Waals surface area contributed by atoms with Crippen LogP contribution in [0, 0.1) is 0 Å². The van der Waals surface area contributed by atoms with Crippen LogP contribution in [0.1, 0.15) is 0 Å². The van der Waals surface area contributed by atoms with Gasteiger partial charge in [-0.05, 0) is 0 Å². The number of carbonyl (C=O) groups excluding carboxylic acids is 3. The molecule has 0 aromatic rings. The van der Waals surface area contributed by atoms with Gasteiger partial charge in [0.05, 0.1) is 0 Å². The Morgan fingerprint density at radius 2 is 1.50 bits per heavy atom. The van der Waals surface area contributed by atoms with Crippen LogP contribution in [-0.4, -0.2) is 36.8 Å². The van der Waals surface area contributed by atoms with Crippen LogP contribution in [-0.2, 0) is 4.79 Å². The molecule has 2 aliphatic heterocycles. The van der Waals surface area contributed by atoms with Crippen molar-refractivity contribution in [2.75, 3.05) is 0 Å². The van der Waals surface area contributed by atoms with E-state index in [1.807, 2.05) is 5.32 Å². The van der Waals surface area contributed by atoms with Crippen molar-refractivity contribution in [3.8, 4) is 0 Å². The number of imide groups is 1. The zero-order valence-corrected chi connectivity index (χ0v) is 7.82. The van der Waals surface area contributed by atoms with E-state index in [0.29, 0.717) is 4.47 Å². The fourth-order valence-electron chi connectivity index (χ4n) is 0.958. The number of hydrogen-bond acceptors (Lipinski definition) is 3. The maximum absolute atomic E-state index is 11.0. The zero-order valence-electron chi connectivity index (χ0n) is 5.72. The Balaban J connectivity index is 2.36. The molecular weight excluding hydrogens is 225 g/mol. The quantitative estimate of drug-likeness (QED) is 0.341. The first-order valence-electron chi connectivity index (χ1n) is 3.11. The molecule has 2 heterocycles. The van der Waals surface area contributed by atoms with Gasteiger partial charge in [-0.25, -0.2) is 0 Å². The molecule has 7 nitrogen and oxygen atoms in total. The summed E-state index contributed by atoms with van der Waals surface area (Å²) in [6.45, 7) is 0. The number of hydrogen-bond donors (Lipinski definition) is 4. The van der Waals surface area contributed by atoms with Crippen molar-refractivity contribution in [3.05, 3.63) is 0 Å². The van der Waals surface area contributed by atoms with E-state index in [-0.39, 0.29) is 0 Å². The molecule has 5 amide bonds. The predicted octanol–water partition coefficient (Wildman–Crippen LogP) is -2.66. The summed E-state index contributed by atoms with van der Waals surface area (Å²) in [5.74, 6) is -0.507. The summed E-state index contributed by atoms with van der Waals surface area (Å²) in [4.78, 5) is 32.5. The van der Waals surface area contributed by atoms with E-state index in [4.69, 9.17) is 0 Å². The minimum atomic E-state index is -2.34. The molecule has 0 aromatic carbocycles. The topological polar surface area (TPSA) is 99.3 Å². The summed E-state index contributed by atoms with van der Waals surface area (Å²) < 4.78 is 5.30. The summed E-state index contributed by atoms with van der Waals surface area (Å²) in [6, 6.07) is -0.958. The van der Waals surface area contributed by atoms with E-state index in [9.17, 15) is 14.4 Å². The fourth-order valence-corrected chi connectivity index (χ4v) is 3.94. The molecule has 8 heteroatoms. The molecule has 0 saturated heterocycles. The Labute approximate surface area is 71.0 Å². The third kappa shape index (κ3) is 0.979. The first-order valence-corrected chi connectivity index (χ1v) is 6.26. The Kier molecular flexibility index (Phi) is 1.40. The molecule has 4 N–H and O–H groups in total. The van der Waals surface area contributed by atoms with Crippen molar-refractivity contribution in [1.29, 1.82) is 0 Å². The van der Waals surface area contributed by atoms with Crippen LogP contribution in [0.3, 0.4) is 0 Å². The Morgan fingerprint density at radius 1 is 0.917 bits per heavy atom.